The average molecular weight is 252 g/mol. The number of amides is 1. The molecule has 3 atom stereocenters. The van der Waals surface area contributed by atoms with Crippen LogP contribution < -0.4 is 10.6 Å². The zero-order valence-electron chi connectivity index (χ0n) is 12.0. The highest BCUT2D eigenvalue weighted by Gasteiger charge is 2.33. The number of hydrogen-bond acceptors (Lipinski definition) is 2. The van der Waals surface area contributed by atoms with Gasteiger partial charge in [0, 0.05) is 12.0 Å². The molecule has 2 fully saturated rings. The number of hydrogen-bond donors (Lipinski definition) is 2. The molecular formula is C15H28N2O. The third-order valence-corrected chi connectivity index (χ3v) is 4.94. The van der Waals surface area contributed by atoms with Crippen LogP contribution in [-0.2, 0) is 4.79 Å². The van der Waals surface area contributed by atoms with Crippen molar-refractivity contribution in [2.75, 3.05) is 13.1 Å². The van der Waals surface area contributed by atoms with Crippen molar-refractivity contribution in [2.24, 2.45) is 23.7 Å². The second-order valence-electron chi connectivity index (χ2n) is 6.51. The molecule has 1 aliphatic heterocycles. The van der Waals surface area contributed by atoms with Crippen molar-refractivity contribution in [3.8, 4) is 0 Å². The van der Waals surface area contributed by atoms with E-state index in [4.69, 9.17) is 0 Å². The Balaban J connectivity index is 1.87. The van der Waals surface area contributed by atoms with Crippen LogP contribution in [0.2, 0.25) is 0 Å². The number of nitrogens with one attached hydrogen (secondary N) is 2. The first-order valence-corrected chi connectivity index (χ1v) is 7.60. The summed E-state index contributed by atoms with van der Waals surface area (Å²) < 4.78 is 0. The van der Waals surface area contributed by atoms with Gasteiger partial charge in [-0.3, -0.25) is 4.79 Å². The summed E-state index contributed by atoms with van der Waals surface area (Å²) in [5.41, 5.74) is 0. The van der Waals surface area contributed by atoms with Crippen LogP contribution >= 0.6 is 0 Å². The maximum atomic E-state index is 12.3. The molecule has 3 nitrogen and oxygen atoms in total. The van der Waals surface area contributed by atoms with Gasteiger partial charge in [-0.2, -0.15) is 0 Å². The Morgan fingerprint density at radius 2 is 1.83 bits per heavy atom. The van der Waals surface area contributed by atoms with Crippen LogP contribution in [0.1, 0.15) is 46.5 Å². The van der Waals surface area contributed by atoms with E-state index in [-0.39, 0.29) is 11.8 Å². The zero-order valence-corrected chi connectivity index (χ0v) is 12.0. The Morgan fingerprint density at radius 3 is 2.39 bits per heavy atom. The van der Waals surface area contributed by atoms with Crippen molar-refractivity contribution in [3.63, 3.8) is 0 Å². The molecule has 1 heterocycles. The third kappa shape index (κ3) is 3.05. The van der Waals surface area contributed by atoms with Crippen molar-refractivity contribution >= 4 is 5.91 Å². The van der Waals surface area contributed by atoms with Gasteiger partial charge in [0.1, 0.15) is 0 Å². The van der Waals surface area contributed by atoms with Crippen molar-refractivity contribution in [1.82, 2.24) is 10.6 Å². The molecule has 2 aliphatic rings. The molecule has 0 aromatic rings. The van der Waals surface area contributed by atoms with E-state index >= 15 is 0 Å². The Bertz CT molecular complexity index is 286. The van der Waals surface area contributed by atoms with E-state index in [1.165, 1.54) is 25.7 Å². The van der Waals surface area contributed by atoms with E-state index in [1.807, 2.05) is 0 Å². The van der Waals surface area contributed by atoms with Crippen molar-refractivity contribution in [3.05, 3.63) is 0 Å². The van der Waals surface area contributed by atoms with Crippen molar-refractivity contribution in [1.29, 1.82) is 0 Å². The first-order chi connectivity index (χ1) is 8.59. The lowest BCUT2D eigenvalue weighted by Crippen LogP contribution is -2.52. The molecule has 0 radical (unpaired) electrons. The predicted molar refractivity (Wildman–Crippen MR) is 74.3 cm³/mol. The molecule has 2 rings (SSSR count). The van der Waals surface area contributed by atoms with Gasteiger partial charge in [-0.05, 0) is 43.7 Å². The molecule has 0 bridgehead atoms. The molecule has 1 saturated heterocycles. The predicted octanol–water partition coefficient (Wildman–Crippen LogP) is 2.17. The van der Waals surface area contributed by atoms with E-state index in [9.17, 15) is 4.79 Å². The molecule has 3 unspecified atom stereocenters. The summed E-state index contributed by atoms with van der Waals surface area (Å²) >= 11 is 0. The van der Waals surface area contributed by atoms with Crippen LogP contribution in [0.15, 0.2) is 0 Å². The summed E-state index contributed by atoms with van der Waals surface area (Å²) in [6.07, 6.45) is 5.05. The van der Waals surface area contributed by atoms with E-state index in [1.54, 1.807) is 0 Å². The summed E-state index contributed by atoms with van der Waals surface area (Å²) in [5.74, 6) is 2.34. The van der Waals surface area contributed by atoms with Crippen LogP contribution in [0.3, 0.4) is 0 Å². The fourth-order valence-corrected chi connectivity index (χ4v) is 3.33. The van der Waals surface area contributed by atoms with Crippen LogP contribution in [0.25, 0.3) is 0 Å². The fraction of sp³-hybridized carbons (Fsp3) is 0.933. The summed E-state index contributed by atoms with van der Waals surface area (Å²) in [5, 5.41) is 6.58. The first kappa shape index (κ1) is 13.9. The average Bonchev–Trinajstić information content (AvgIpc) is 2.27. The van der Waals surface area contributed by atoms with Crippen LogP contribution in [-0.4, -0.2) is 25.0 Å². The number of rotatable bonds is 4. The van der Waals surface area contributed by atoms with Gasteiger partial charge >= 0.3 is 0 Å². The fourth-order valence-electron chi connectivity index (χ4n) is 3.33. The molecule has 1 aliphatic carbocycles. The number of carbonyl (C=O) groups is 1. The van der Waals surface area contributed by atoms with Crippen LogP contribution in [0, 0.1) is 23.7 Å². The lowest BCUT2D eigenvalue weighted by atomic mass is 9.77. The molecule has 2 N–H and O–H groups in total. The lowest BCUT2D eigenvalue weighted by Gasteiger charge is -2.37. The molecule has 1 saturated carbocycles. The number of carbonyl (C=O) groups excluding carboxylic acids is 1. The molecular weight excluding hydrogens is 224 g/mol. The largest absolute Gasteiger partial charge is 0.353 e. The lowest BCUT2D eigenvalue weighted by molar-refractivity contribution is -0.128. The van der Waals surface area contributed by atoms with Crippen molar-refractivity contribution < 1.29 is 4.79 Å². The van der Waals surface area contributed by atoms with Gasteiger partial charge in [0.15, 0.2) is 0 Å². The van der Waals surface area contributed by atoms with Gasteiger partial charge in [-0.15, -0.1) is 0 Å². The van der Waals surface area contributed by atoms with Crippen LogP contribution in [0.5, 0.6) is 0 Å². The Morgan fingerprint density at radius 1 is 1.17 bits per heavy atom. The molecule has 104 valence electrons. The standard InChI is InChI=1S/C15H28N2O/c1-10(2)13-6-4-5-7-14(13)17-15(18)11(3)12-8-16-9-12/h10-14,16H,4-9H2,1-3H3,(H,17,18). The Hall–Kier alpha value is -0.570. The highest BCUT2D eigenvalue weighted by molar-refractivity contribution is 5.79. The van der Waals surface area contributed by atoms with Gasteiger partial charge in [-0.25, -0.2) is 0 Å². The zero-order chi connectivity index (χ0) is 13.1. The molecule has 1 amide bonds. The van der Waals surface area contributed by atoms with Gasteiger partial charge in [0.05, 0.1) is 0 Å². The van der Waals surface area contributed by atoms with Gasteiger partial charge < -0.3 is 10.6 Å². The quantitative estimate of drug-likeness (QED) is 0.805. The molecule has 0 aromatic carbocycles. The van der Waals surface area contributed by atoms with Gasteiger partial charge in [-0.1, -0.05) is 33.6 Å². The highest BCUT2D eigenvalue weighted by atomic mass is 16.1. The molecule has 3 heteroatoms. The topological polar surface area (TPSA) is 41.1 Å². The normalized spacial score (nSPS) is 30.9. The van der Waals surface area contributed by atoms with E-state index < -0.39 is 0 Å². The minimum Gasteiger partial charge on any atom is -0.353 e. The smallest absolute Gasteiger partial charge is 0.223 e. The summed E-state index contributed by atoms with van der Waals surface area (Å²) in [7, 11) is 0. The maximum absolute atomic E-state index is 12.3. The SMILES string of the molecule is CC(C)C1CCCCC1NC(=O)C(C)C1CNC1. The van der Waals surface area contributed by atoms with E-state index in [2.05, 4.69) is 31.4 Å². The first-order valence-electron chi connectivity index (χ1n) is 7.60. The van der Waals surface area contributed by atoms with Gasteiger partial charge in [0.25, 0.3) is 0 Å². The summed E-state index contributed by atoms with van der Waals surface area (Å²) in [6.45, 7) is 8.66. The van der Waals surface area contributed by atoms with Crippen molar-refractivity contribution in [2.45, 2.75) is 52.5 Å². The molecule has 18 heavy (non-hydrogen) atoms. The molecule has 0 aromatic heterocycles. The van der Waals surface area contributed by atoms with Gasteiger partial charge in [0.2, 0.25) is 5.91 Å². The Labute approximate surface area is 111 Å². The summed E-state index contributed by atoms with van der Waals surface area (Å²) in [4.78, 5) is 12.3. The molecule has 0 spiro atoms. The van der Waals surface area contributed by atoms with Crippen LogP contribution in [0.4, 0.5) is 0 Å². The van der Waals surface area contributed by atoms with E-state index in [0.717, 1.165) is 13.1 Å². The monoisotopic (exact) mass is 252 g/mol. The minimum atomic E-state index is 0.168. The second-order valence-corrected chi connectivity index (χ2v) is 6.51. The summed E-state index contributed by atoms with van der Waals surface area (Å²) in [6, 6.07) is 0.418. The minimum absolute atomic E-state index is 0.168. The second kappa shape index (κ2) is 6.05. The Kier molecular flexibility index (Phi) is 4.66. The van der Waals surface area contributed by atoms with E-state index in [0.29, 0.717) is 23.8 Å². The third-order valence-electron chi connectivity index (χ3n) is 4.94. The highest BCUT2D eigenvalue weighted by Crippen LogP contribution is 2.30. The maximum Gasteiger partial charge on any atom is 0.223 e.